The van der Waals surface area contributed by atoms with Crippen molar-refractivity contribution in [3.05, 3.63) is 23.8 Å². The molecule has 1 rings (SSSR count). The van der Waals surface area contributed by atoms with Gasteiger partial charge in [0.1, 0.15) is 0 Å². The van der Waals surface area contributed by atoms with Gasteiger partial charge in [-0.1, -0.05) is 30.7 Å². The zero-order valence-corrected chi connectivity index (χ0v) is 9.55. The van der Waals surface area contributed by atoms with E-state index in [2.05, 4.69) is 37.4 Å². The van der Waals surface area contributed by atoms with Crippen LogP contribution in [0.15, 0.2) is 23.8 Å². The third-order valence-electron chi connectivity index (χ3n) is 3.00. The fourth-order valence-corrected chi connectivity index (χ4v) is 1.74. The summed E-state index contributed by atoms with van der Waals surface area (Å²) in [5.74, 6) is 0.919. The standard InChI is InChI=1S/C13H23N/c1-3-12(2)6-4-5-7-13-8-10-14-11-9-13/h4-6,13-14H,3,7-11H2,1-2H3/b5-4-,12-6+. The van der Waals surface area contributed by atoms with E-state index in [1.54, 1.807) is 0 Å². The Morgan fingerprint density at radius 3 is 2.71 bits per heavy atom. The number of piperidine rings is 1. The monoisotopic (exact) mass is 193 g/mol. The van der Waals surface area contributed by atoms with E-state index in [0.717, 1.165) is 12.3 Å². The lowest BCUT2D eigenvalue weighted by Gasteiger charge is -2.20. The smallest absolute Gasteiger partial charge is 0.00462 e. The van der Waals surface area contributed by atoms with Crippen LogP contribution < -0.4 is 5.32 Å². The Bertz CT molecular complexity index is 197. The second kappa shape index (κ2) is 6.83. The molecule has 14 heavy (non-hydrogen) atoms. The molecular weight excluding hydrogens is 170 g/mol. The van der Waals surface area contributed by atoms with E-state index < -0.39 is 0 Å². The van der Waals surface area contributed by atoms with Crippen LogP contribution in [0, 0.1) is 5.92 Å². The van der Waals surface area contributed by atoms with Gasteiger partial charge in [-0.3, -0.25) is 0 Å². The Labute approximate surface area is 88.3 Å². The molecule has 1 aliphatic rings. The van der Waals surface area contributed by atoms with Crippen LogP contribution in [0.3, 0.4) is 0 Å². The van der Waals surface area contributed by atoms with Gasteiger partial charge < -0.3 is 5.32 Å². The van der Waals surface area contributed by atoms with Crippen LogP contribution >= 0.6 is 0 Å². The number of hydrogen-bond donors (Lipinski definition) is 1. The second-order valence-corrected chi connectivity index (χ2v) is 4.22. The van der Waals surface area contributed by atoms with Gasteiger partial charge in [0.15, 0.2) is 0 Å². The van der Waals surface area contributed by atoms with Crippen LogP contribution in [0.4, 0.5) is 0 Å². The maximum Gasteiger partial charge on any atom is -0.00462 e. The van der Waals surface area contributed by atoms with Gasteiger partial charge in [-0.25, -0.2) is 0 Å². The van der Waals surface area contributed by atoms with Crippen LogP contribution in [-0.4, -0.2) is 13.1 Å². The molecule has 0 saturated carbocycles. The molecule has 1 saturated heterocycles. The van der Waals surface area contributed by atoms with Gasteiger partial charge in [-0.15, -0.1) is 0 Å². The van der Waals surface area contributed by atoms with Gasteiger partial charge in [0.05, 0.1) is 0 Å². The molecule has 0 aromatic carbocycles. The molecule has 0 aromatic rings. The maximum atomic E-state index is 3.40. The first kappa shape index (κ1) is 11.5. The van der Waals surface area contributed by atoms with Crippen molar-refractivity contribution in [2.45, 2.75) is 39.5 Å². The first-order valence-corrected chi connectivity index (χ1v) is 5.86. The number of nitrogens with one attached hydrogen (secondary N) is 1. The predicted molar refractivity (Wildman–Crippen MR) is 63.4 cm³/mol. The maximum absolute atomic E-state index is 3.40. The molecule has 1 N–H and O–H groups in total. The van der Waals surface area contributed by atoms with Gasteiger partial charge in [0.25, 0.3) is 0 Å². The Hall–Kier alpha value is -0.560. The van der Waals surface area contributed by atoms with Crippen molar-refractivity contribution >= 4 is 0 Å². The molecule has 0 radical (unpaired) electrons. The Balaban J connectivity index is 2.18. The molecule has 0 spiro atoms. The van der Waals surface area contributed by atoms with Crippen molar-refractivity contribution in [2.24, 2.45) is 5.92 Å². The van der Waals surface area contributed by atoms with Crippen LogP contribution in [0.25, 0.3) is 0 Å². The zero-order chi connectivity index (χ0) is 10.2. The fourth-order valence-electron chi connectivity index (χ4n) is 1.74. The molecule has 1 fully saturated rings. The Morgan fingerprint density at radius 2 is 2.07 bits per heavy atom. The normalized spacial score (nSPS) is 20.6. The minimum atomic E-state index is 0.919. The summed E-state index contributed by atoms with van der Waals surface area (Å²) in [6.45, 7) is 6.81. The molecule has 1 heteroatoms. The first-order valence-electron chi connectivity index (χ1n) is 5.86. The molecule has 0 aromatic heterocycles. The summed E-state index contributed by atoms with van der Waals surface area (Å²) in [5, 5.41) is 3.40. The molecule has 1 heterocycles. The molecule has 0 atom stereocenters. The highest BCUT2D eigenvalue weighted by atomic mass is 14.9. The minimum absolute atomic E-state index is 0.919. The van der Waals surface area contributed by atoms with E-state index in [-0.39, 0.29) is 0 Å². The molecule has 0 amide bonds. The SMILES string of the molecule is CC/C(C)=C/C=C\CC1CCNCC1. The van der Waals surface area contributed by atoms with Crippen LogP contribution in [-0.2, 0) is 0 Å². The lowest BCUT2D eigenvalue weighted by Crippen LogP contribution is -2.27. The highest BCUT2D eigenvalue weighted by Gasteiger charge is 2.10. The van der Waals surface area contributed by atoms with Gasteiger partial charge in [0, 0.05) is 0 Å². The number of rotatable bonds is 4. The summed E-state index contributed by atoms with van der Waals surface area (Å²) in [5.41, 5.74) is 1.46. The summed E-state index contributed by atoms with van der Waals surface area (Å²) in [4.78, 5) is 0. The Morgan fingerprint density at radius 1 is 1.36 bits per heavy atom. The van der Waals surface area contributed by atoms with Crippen molar-refractivity contribution in [1.29, 1.82) is 0 Å². The van der Waals surface area contributed by atoms with E-state index >= 15 is 0 Å². The van der Waals surface area contributed by atoms with Gasteiger partial charge >= 0.3 is 0 Å². The van der Waals surface area contributed by atoms with E-state index in [4.69, 9.17) is 0 Å². The summed E-state index contributed by atoms with van der Waals surface area (Å²) in [6.07, 6.45) is 11.9. The number of allylic oxidation sites excluding steroid dienone is 4. The van der Waals surface area contributed by atoms with Crippen molar-refractivity contribution in [3.63, 3.8) is 0 Å². The van der Waals surface area contributed by atoms with Crippen molar-refractivity contribution in [3.8, 4) is 0 Å². The van der Waals surface area contributed by atoms with Crippen LogP contribution in [0.5, 0.6) is 0 Å². The molecule has 0 bridgehead atoms. The van der Waals surface area contributed by atoms with E-state index in [9.17, 15) is 0 Å². The summed E-state index contributed by atoms with van der Waals surface area (Å²) in [6, 6.07) is 0. The fraction of sp³-hybridized carbons (Fsp3) is 0.692. The van der Waals surface area contributed by atoms with Crippen molar-refractivity contribution in [2.75, 3.05) is 13.1 Å². The Kier molecular flexibility index (Phi) is 5.62. The molecule has 0 unspecified atom stereocenters. The molecule has 1 aliphatic heterocycles. The molecule has 80 valence electrons. The van der Waals surface area contributed by atoms with Crippen LogP contribution in [0.1, 0.15) is 39.5 Å². The average Bonchev–Trinajstić information content (AvgIpc) is 2.25. The van der Waals surface area contributed by atoms with Crippen molar-refractivity contribution in [1.82, 2.24) is 5.32 Å². The van der Waals surface area contributed by atoms with E-state index in [0.29, 0.717) is 0 Å². The average molecular weight is 193 g/mol. The minimum Gasteiger partial charge on any atom is -0.317 e. The van der Waals surface area contributed by atoms with Crippen LogP contribution in [0.2, 0.25) is 0 Å². The predicted octanol–water partition coefficient (Wildman–Crippen LogP) is 3.29. The summed E-state index contributed by atoms with van der Waals surface area (Å²) in [7, 11) is 0. The van der Waals surface area contributed by atoms with Gasteiger partial charge in [-0.2, -0.15) is 0 Å². The highest BCUT2D eigenvalue weighted by molar-refractivity contribution is 5.10. The van der Waals surface area contributed by atoms with Crippen molar-refractivity contribution < 1.29 is 0 Å². The lowest BCUT2D eigenvalue weighted by atomic mass is 9.94. The largest absolute Gasteiger partial charge is 0.317 e. The van der Waals surface area contributed by atoms with Gasteiger partial charge in [-0.05, 0) is 51.6 Å². The van der Waals surface area contributed by atoms with E-state index in [1.165, 1.54) is 37.9 Å². The lowest BCUT2D eigenvalue weighted by molar-refractivity contribution is 0.377. The first-order chi connectivity index (χ1) is 6.83. The van der Waals surface area contributed by atoms with Gasteiger partial charge in [0.2, 0.25) is 0 Å². The zero-order valence-electron chi connectivity index (χ0n) is 9.55. The molecule has 0 aliphatic carbocycles. The third-order valence-corrected chi connectivity index (χ3v) is 3.00. The molecule has 1 nitrogen and oxygen atoms in total. The summed E-state index contributed by atoms with van der Waals surface area (Å²) >= 11 is 0. The highest BCUT2D eigenvalue weighted by Crippen LogP contribution is 2.16. The number of hydrogen-bond acceptors (Lipinski definition) is 1. The quantitative estimate of drug-likeness (QED) is 0.676. The summed E-state index contributed by atoms with van der Waals surface area (Å²) < 4.78 is 0. The second-order valence-electron chi connectivity index (χ2n) is 4.22. The topological polar surface area (TPSA) is 12.0 Å². The van der Waals surface area contributed by atoms with E-state index in [1.807, 2.05) is 0 Å². The third kappa shape index (κ3) is 4.61. The molecular formula is C13H23N.